The smallest absolute Gasteiger partial charge is 0.124 e. The van der Waals surface area contributed by atoms with Crippen molar-refractivity contribution in [1.82, 2.24) is 5.32 Å². The van der Waals surface area contributed by atoms with Gasteiger partial charge < -0.3 is 5.32 Å². The van der Waals surface area contributed by atoms with E-state index in [1.165, 1.54) is 11.6 Å². The van der Waals surface area contributed by atoms with E-state index < -0.39 is 0 Å². The zero-order chi connectivity index (χ0) is 11.4. The van der Waals surface area contributed by atoms with Gasteiger partial charge in [-0.3, -0.25) is 0 Å². The Morgan fingerprint density at radius 1 is 1.19 bits per heavy atom. The fraction of sp³-hybridized carbons (Fsp3) is 0.167. The Hall–Kier alpha value is -0.710. The molecule has 4 heteroatoms. The lowest BCUT2D eigenvalue weighted by Gasteiger charge is -2.04. The van der Waals surface area contributed by atoms with Crippen LogP contribution < -0.4 is 5.32 Å². The normalized spacial score (nSPS) is 10.6. The SMILES string of the molecule is Fc1cc(Br)cc(CNCc2ccsc2)c1. The van der Waals surface area contributed by atoms with Gasteiger partial charge in [-0.1, -0.05) is 15.9 Å². The highest BCUT2D eigenvalue weighted by Crippen LogP contribution is 2.15. The Morgan fingerprint density at radius 3 is 2.69 bits per heavy atom. The van der Waals surface area contributed by atoms with Crippen LogP contribution in [0.25, 0.3) is 0 Å². The Kier molecular flexibility index (Phi) is 4.09. The minimum absolute atomic E-state index is 0.207. The number of thiophene rings is 1. The second-order valence-corrected chi connectivity index (χ2v) is 5.21. The van der Waals surface area contributed by atoms with E-state index in [1.54, 1.807) is 17.4 Å². The van der Waals surface area contributed by atoms with Gasteiger partial charge in [-0.2, -0.15) is 11.3 Å². The Bertz CT molecular complexity index is 436. The number of nitrogens with one attached hydrogen (secondary N) is 1. The third-order valence-electron chi connectivity index (χ3n) is 2.16. The molecular formula is C12H11BrFNS. The molecule has 1 aromatic carbocycles. The fourth-order valence-corrected chi connectivity index (χ4v) is 2.64. The van der Waals surface area contributed by atoms with Crippen molar-refractivity contribution in [3.8, 4) is 0 Å². The first kappa shape index (κ1) is 11.8. The van der Waals surface area contributed by atoms with Crippen LogP contribution in [0.1, 0.15) is 11.1 Å². The van der Waals surface area contributed by atoms with Gasteiger partial charge in [-0.05, 0) is 46.2 Å². The second-order valence-electron chi connectivity index (χ2n) is 3.51. The van der Waals surface area contributed by atoms with E-state index in [1.807, 2.05) is 6.07 Å². The average molecular weight is 300 g/mol. The molecule has 2 rings (SSSR count). The molecule has 0 aliphatic heterocycles. The molecule has 16 heavy (non-hydrogen) atoms. The summed E-state index contributed by atoms with van der Waals surface area (Å²) in [7, 11) is 0. The van der Waals surface area contributed by atoms with Gasteiger partial charge in [0.05, 0.1) is 0 Å². The van der Waals surface area contributed by atoms with Crippen molar-refractivity contribution in [3.05, 3.63) is 56.4 Å². The maximum absolute atomic E-state index is 13.1. The van der Waals surface area contributed by atoms with Crippen molar-refractivity contribution in [2.45, 2.75) is 13.1 Å². The minimum atomic E-state index is -0.207. The molecule has 0 atom stereocenters. The largest absolute Gasteiger partial charge is 0.309 e. The first-order valence-corrected chi connectivity index (χ1v) is 6.64. The molecule has 0 spiro atoms. The lowest BCUT2D eigenvalue weighted by molar-refractivity contribution is 0.619. The van der Waals surface area contributed by atoms with Crippen molar-refractivity contribution in [2.24, 2.45) is 0 Å². The highest BCUT2D eigenvalue weighted by molar-refractivity contribution is 9.10. The number of halogens is 2. The lowest BCUT2D eigenvalue weighted by Crippen LogP contribution is -2.12. The van der Waals surface area contributed by atoms with Crippen molar-refractivity contribution in [3.63, 3.8) is 0 Å². The van der Waals surface area contributed by atoms with Crippen LogP contribution in [0, 0.1) is 5.82 Å². The van der Waals surface area contributed by atoms with Crippen LogP contribution in [0.5, 0.6) is 0 Å². The number of hydrogen-bond donors (Lipinski definition) is 1. The quantitative estimate of drug-likeness (QED) is 0.902. The zero-order valence-corrected chi connectivity index (χ0v) is 10.9. The van der Waals surface area contributed by atoms with E-state index in [-0.39, 0.29) is 5.82 Å². The summed E-state index contributed by atoms with van der Waals surface area (Å²) in [5.41, 5.74) is 2.21. The molecule has 0 unspecified atom stereocenters. The van der Waals surface area contributed by atoms with E-state index in [0.717, 1.165) is 16.6 Å². The third kappa shape index (κ3) is 3.40. The Morgan fingerprint density at radius 2 is 2.00 bits per heavy atom. The maximum atomic E-state index is 13.1. The van der Waals surface area contributed by atoms with Gasteiger partial charge in [0.15, 0.2) is 0 Å². The first-order valence-electron chi connectivity index (χ1n) is 4.91. The molecule has 0 aliphatic carbocycles. The summed E-state index contributed by atoms with van der Waals surface area (Å²) in [6.07, 6.45) is 0. The van der Waals surface area contributed by atoms with Crippen LogP contribution in [0.3, 0.4) is 0 Å². The summed E-state index contributed by atoms with van der Waals surface area (Å²) >= 11 is 4.96. The molecule has 1 aromatic heterocycles. The second kappa shape index (κ2) is 5.57. The average Bonchev–Trinajstić information content (AvgIpc) is 2.69. The van der Waals surface area contributed by atoms with Crippen molar-refractivity contribution in [2.75, 3.05) is 0 Å². The molecule has 1 N–H and O–H groups in total. The topological polar surface area (TPSA) is 12.0 Å². The summed E-state index contributed by atoms with van der Waals surface area (Å²) in [4.78, 5) is 0. The van der Waals surface area contributed by atoms with Gasteiger partial charge in [0, 0.05) is 17.6 Å². The van der Waals surface area contributed by atoms with Crippen molar-refractivity contribution >= 4 is 27.3 Å². The summed E-state index contributed by atoms with van der Waals surface area (Å²) in [6.45, 7) is 1.49. The first-order chi connectivity index (χ1) is 7.74. The molecule has 0 saturated heterocycles. The minimum Gasteiger partial charge on any atom is -0.309 e. The number of hydrogen-bond acceptors (Lipinski definition) is 2. The number of rotatable bonds is 4. The van der Waals surface area contributed by atoms with Crippen LogP contribution >= 0.6 is 27.3 Å². The summed E-state index contributed by atoms with van der Waals surface area (Å²) in [5, 5.41) is 7.43. The highest BCUT2D eigenvalue weighted by Gasteiger charge is 1.99. The van der Waals surface area contributed by atoms with E-state index in [2.05, 4.69) is 38.1 Å². The summed E-state index contributed by atoms with van der Waals surface area (Å²) in [6, 6.07) is 7.01. The Balaban J connectivity index is 1.89. The van der Waals surface area contributed by atoms with E-state index in [0.29, 0.717) is 6.54 Å². The van der Waals surface area contributed by atoms with Crippen LogP contribution in [-0.2, 0) is 13.1 Å². The van der Waals surface area contributed by atoms with Crippen LogP contribution in [0.2, 0.25) is 0 Å². The molecule has 0 fully saturated rings. The molecule has 0 amide bonds. The molecule has 1 nitrogen and oxygen atoms in total. The van der Waals surface area contributed by atoms with E-state index >= 15 is 0 Å². The summed E-state index contributed by atoms with van der Waals surface area (Å²) < 4.78 is 13.9. The van der Waals surface area contributed by atoms with Crippen molar-refractivity contribution < 1.29 is 4.39 Å². The summed E-state index contributed by atoms with van der Waals surface area (Å²) in [5.74, 6) is -0.207. The molecule has 0 aliphatic rings. The third-order valence-corrected chi connectivity index (χ3v) is 3.35. The standard InChI is InChI=1S/C12H11BrFNS/c13-11-3-10(4-12(14)5-11)7-15-6-9-1-2-16-8-9/h1-5,8,15H,6-7H2. The molecule has 1 heterocycles. The van der Waals surface area contributed by atoms with Crippen LogP contribution in [0.4, 0.5) is 4.39 Å². The highest BCUT2D eigenvalue weighted by atomic mass is 79.9. The van der Waals surface area contributed by atoms with Gasteiger partial charge in [0.1, 0.15) is 5.82 Å². The predicted octanol–water partition coefficient (Wildman–Crippen LogP) is 3.94. The fourth-order valence-electron chi connectivity index (χ4n) is 1.46. The molecular weight excluding hydrogens is 289 g/mol. The van der Waals surface area contributed by atoms with Crippen molar-refractivity contribution in [1.29, 1.82) is 0 Å². The monoisotopic (exact) mass is 299 g/mol. The van der Waals surface area contributed by atoms with Gasteiger partial charge in [0.25, 0.3) is 0 Å². The molecule has 84 valence electrons. The number of benzene rings is 1. The van der Waals surface area contributed by atoms with Crippen LogP contribution in [0.15, 0.2) is 39.5 Å². The molecule has 0 radical (unpaired) electrons. The van der Waals surface area contributed by atoms with Gasteiger partial charge in [-0.15, -0.1) is 0 Å². The van der Waals surface area contributed by atoms with Crippen LogP contribution in [-0.4, -0.2) is 0 Å². The van der Waals surface area contributed by atoms with Gasteiger partial charge in [0.2, 0.25) is 0 Å². The van der Waals surface area contributed by atoms with Gasteiger partial charge in [-0.25, -0.2) is 4.39 Å². The molecule has 0 bridgehead atoms. The molecule has 2 aromatic rings. The van der Waals surface area contributed by atoms with E-state index in [9.17, 15) is 4.39 Å². The maximum Gasteiger partial charge on any atom is 0.124 e. The molecule has 0 saturated carbocycles. The lowest BCUT2D eigenvalue weighted by atomic mass is 10.2. The van der Waals surface area contributed by atoms with E-state index in [4.69, 9.17) is 0 Å². The Labute approximate surface area is 106 Å². The zero-order valence-electron chi connectivity index (χ0n) is 8.54. The predicted molar refractivity (Wildman–Crippen MR) is 69.0 cm³/mol. The van der Waals surface area contributed by atoms with Gasteiger partial charge >= 0.3 is 0 Å².